The molecule has 1 amide bonds. The predicted molar refractivity (Wildman–Crippen MR) is 70.6 cm³/mol. The van der Waals surface area contributed by atoms with E-state index >= 15 is 0 Å². The molecular formula is C12H24N2OS. The van der Waals surface area contributed by atoms with Crippen molar-refractivity contribution in [3.63, 3.8) is 0 Å². The van der Waals surface area contributed by atoms with Crippen LogP contribution in [-0.2, 0) is 4.79 Å². The van der Waals surface area contributed by atoms with Crippen LogP contribution in [0.15, 0.2) is 0 Å². The van der Waals surface area contributed by atoms with Gasteiger partial charge in [-0.15, -0.1) is 0 Å². The van der Waals surface area contributed by atoms with Crippen LogP contribution in [0.2, 0.25) is 0 Å². The minimum absolute atomic E-state index is 0.0375. The van der Waals surface area contributed by atoms with Gasteiger partial charge >= 0.3 is 0 Å². The van der Waals surface area contributed by atoms with Gasteiger partial charge in [-0.05, 0) is 25.0 Å². The summed E-state index contributed by atoms with van der Waals surface area (Å²) >= 11 is 1.96. The molecule has 94 valence electrons. The number of amides is 1. The predicted octanol–water partition coefficient (Wildman–Crippen LogP) is 1.90. The zero-order valence-corrected chi connectivity index (χ0v) is 11.2. The second kappa shape index (κ2) is 7.17. The smallest absolute Gasteiger partial charge is 0.237 e. The van der Waals surface area contributed by atoms with Gasteiger partial charge in [-0.3, -0.25) is 4.79 Å². The lowest BCUT2D eigenvalue weighted by Gasteiger charge is -2.22. The fourth-order valence-corrected chi connectivity index (χ4v) is 3.43. The molecule has 0 heterocycles. The van der Waals surface area contributed by atoms with Crippen molar-refractivity contribution in [1.82, 2.24) is 5.32 Å². The quantitative estimate of drug-likeness (QED) is 0.750. The van der Waals surface area contributed by atoms with Crippen LogP contribution >= 0.6 is 11.8 Å². The zero-order chi connectivity index (χ0) is 12.0. The van der Waals surface area contributed by atoms with Crippen molar-refractivity contribution >= 4 is 17.7 Å². The highest BCUT2D eigenvalue weighted by Gasteiger charge is 2.29. The van der Waals surface area contributed by atoms with Crippen molar-refractivity contribution in [3.8, 4) is 0 Å². The van der Waals surface area contributed by atoms with Gasteiger partial charge in [0.15, 0.2) is 0 Å². The van der Waals surface area contributed by atoms with E-state index in [1.54, 1.807) is 0 Å². The number of rotatable bonds is 6. The fraction of sp³-hybridized carbons (Fsp3) is 0.917. The third-order valence-corrected chi connectivity index (χ3v) is 4.42. The first-order valence-electron chi connectivity index (χ1n) is 6.36. The molecule has 16 heavy (non-hydrogen) atoms. The Kier molecular flexibility index (Phi) is 6.21. The van der Waals surface area contributed by atoms with E-state index in [1.165, 1.54) is 12.8 Å². The van der Waals surface area contributed by atoms with E-state index in [9.17, 15) is 4.79 Å². The van der Waals surface area contributed by atoms with Crippen molar-refractivity contribution in [1.29, 1.82) is 0 Å². The molecule has 1 rings (SSSR count). The van der Waals surface area contributed by atoms with Crippen LogP contribution in [0.5, 0.6) is 0 Å². The second-order valence-electron chi connectivity index (χ2n) is 4.43. The standard InChI is InChI=1S/C12H24N2OS/c1-3-6-9(13)12(15)14-10-7-5-8-11(10)16-4-2/h9-11H,3-8,13H2,1-2H3,(H,14,15)/t9-,10?,11?/m0/s1. The monoisotopic (exact) mass is 244 g/mol. The molecule has 3 nitrogen and oxygen atoms in total. The maximum absolute atomic E-state index is 11.8. The van der Waals surface area contributed by atoms with Crippen LogP contribution in [0.1, 0.15) is 46.0 Å². The van der Waals surface area contributed by atoms with Crippen molar-refractivity contribution in [3.05, 3.63) is 0 Å². The largest absolute Gasteiger partial charge is 0.351 e. The van der Waals surface area contributed by atoms with Gasteiger partial charge in [-0.25, -0.2) is 0 Å². The number of hydrogen-bond acceptors (Lipinski definition) is 3. The van der Waals surface area contributed by atoms with E-state index in [-0.39, 0.29) is 11.9 Å². The summed E-state index contributed by atoms with van der Waals surface area (Å²) in [6.45, 7) is 4.23. The van der Waals surface area contributed by atoms with Crippen molar-refractivity contribution in [2.45, 2.75) is 63.3 Å². The van der Waals surface area contributed by atoms with Gasteiger partial charge in [-0.1, -0.05) is 26.7 Å². The number of nitrogens with two attached hydrogens (primary N) is 1. The fourth-order valence-electron chi connectivity index (χ4n) is 2.24. The van der Waals surface area contributed by atoms with Crippen LogP contribution in [0.25, 0.3) is 0 Å². The minimum atomic E-state index is -0.321. The molecule has 1 saturated carbocycles. The summed E-state index contributed by atoms with van der Waals surface area (Å²) in [5.74, 6) is 1.16. The van der Waals surface area contributed by atoms with Crippen LogP contribution in [0.3, 0.4) is 0 Å². The van der Waals surface area contributed by atoms with Crippen LogP contribution in [-0.4, -0.2) is 29.0 Å². The van der Waals surface area contributed by atoms with E-state index in [0.29, 0.717) is 11.3 Å². The molecule has 0 aromatic rings. The molecule has 0 radical (unpaired) electrons. The third kappa shape index (κ3) is 3.98. The first-order chi connectivity index (χ1) is 7.69. The lowest BCUT2D eigenvalue weighted by molar-refractivity contribution is -0.123. The SMILES string of the molecule is CCC[C@H](N)C(=O)NC1CCCC1SCC. The number of thioether (sulfide) groups is 1. The molecule has 0 saturated heterocycles. The van der Waals surface area contributed by atoms with Crippen LogP contribution in [0, 0.1) is 0 Å². The number of nitrogens with one attached hydrogen (secondary N) is 1. The Morgan fingerprint density at radius 2 is 2.25 bits per heavy atom. The highest BCUT2D eigenvalue weighted by atomic mass is 32.2. The summed E-state index contributed by atoms with van der Waals surface area (Å²) in [5, 5.41) is 3.71. The van der Waals surface area contributed by atoms with E-state index < -0.39 is 0 Å². The Labute approximate surface area is 103 Å². The summed E-state index contributed by atoms with van der Waals surface area (Å²) in [7, 11) is 0. The van der Waals surface area contributed by atoms with Gasteiger partial charge in [0, 0.05) is 11.3 Å². The average molecular weight is 244 g/mol. The van der Waals surface area contributed by atoms with Crippen molar-refractivity contribution < 1.29 is 4.79 Å². The van der Waals surface area contributed by atoms with Gasteiger partial charge in [0.1, 0.15) is 0 Å². The lowest BCUT2D eigenvalue weighted by atomic mass is 10.1. The molecule has 0 aromatic heterocycles. The first-order valence-corrected chi connectivity index (χ1v) is 7.41. The third-order valence-electron chi connectivity index (χ3n) is 3.10. The Balaban J connectivity index is 2.37. The van der Waals surface area contributed by atoms with Gasteiger partial charge in [0.25, 0.3) is 0 Å². The summed E-state index contributed by atoms with van der Waals surface area (Å²) < 4.78 is 0. The Bertz CT molecular complexity index is 223. The maximum atomic E-state index is 11.8. The molecule has 2 unspecified atom stereocenters. The van der Waals surface area contributed by atoms with Gasteiger partial charge < -0.3 is 11.1 Å². The molecule has 1 aliphatic carbocycles. The summed E-state index contributed by atoms with van der Waals surface area (Å²) in [6.07, 6.45) is 5.32. The molecular weight excluding hydrogens is 220 g/mol. The van der Waals surface area contributed by atoms with Gasteiger partial charge in [0.05, 0.1) is 6.04 Å². The molecule has 1 fully saturated rings. The van der Waals surface area contributed by atoms with E-state index in [0.717, 1.165) is 25.0 Å². The second-order valence-corrected chi connectivity index (χ2v) is 5.95. The molecule has 0 aromatic carbocycles. The normalized spacial score (nSPS) is 26.7. The van der Waals surface area contributed by atoms with E-state index in [4.69, 9.17) is 5.73 Å². The summed E-state index contributed by atoms with van der Waals surface area (Å²) in [4.78, 5) is 11.8. The maximum Gasteiger partial charge on any atom is 0.237 e. The first kappa shape index (κ1) is 13.8. The van der Waals surface area contributed by atoms with Crippen LogP contribution < -0.4 is 11.1 Å². The highest BCUT2D eigenvalue weighted by molar-refractivity contribution is 7.99. The van der Waals surface area contributed by atoms with E-state index in [1.807, 2.05) is 11.8 Å². The summed E-state index contributed by atoms with van der Waals surface area (Å²) in [5.41, 5.74) is 5.81. The Morgan fingerprint density at radius 3 is 2.88 bits per heavy atom. The highest BCUT2D eigenvalue weighted by Crippen LogP contribution is 2.29. The molecule has 4 heteroatoms. The Morgan fingerprint density at radius 1 is 1.50 bits per heavy atom. The molecule has 3 N–H and O–H groups in total. The number of hydrogen-bond donors (Lipinski definition) is 2. The molecule has 0 aliphatic heterocycles. The van der Waals surface area contributed by atoms with Crippen molar-refractivity contribution in [2.24, 2.45) is 5.73 Å². The molecule has 0 bridgehead atoms. The van der Waals surface area contributed by atoms with Gasteiger partial charge in [0.2, 0.25) is 5.91 Å². The average Bonchev–Trinajstić information content (AvgIpc) is 2.67. The van der Waals surface area contributed by atoms with Crippen LogP contribution in [0.4, 0.5) is 0 Å². The number of carbonyl (C=O) groups is 1. The van der Waals surface area contributed by atoms with E-state index in [2.05, 4.69) is 19.2 Å². The summed E-state index contributed by atoms with van der Waals surface area (Å²) in [6, 6.07) is 0.0261. The molecule has 0 spiro atoms. The Hall–Kier alpha value is -0.220. The molecule has 1 aliphatic rings. The zero-order valence-electron chi connectivity index (χ0n) is 10.4. The van der Waals surface area contributed by atoms with Gasteiger partial charge in [-0.2, -0.15) is 11.8 Å². The minimum Gasteiger partial charge on any atom is -0.351 e. The number of carbonyl (C=O) groups excluding carboxylic acids is 1. The van der Waals surface area contributed by atoms with Crippen molar-refractivity contribution in [2.75, 3.05) is 5.75 Å². The molecule has 3 atom stereocenters. The lowest BCUT2D eigenvalue weighted by Crippen LogP contribution is -2.47. The topological polar surface area (TPSA) is 55.1 Å².